The van der Waals surface area contributed by atoms with Gasteiger partial charge in [-0.1, -0.05) is 0 Å². The van der Waals surface area contributed by atoms with E-state index >= 15 is 0 Å². The molecule has 4 atom stereocenters. The molecule has 0 aromatic carbocycles. The number of carboxylic acid groups (broad SMARTS) is 1. The number of aliphatic hydroxyl groups excluding tert-OH is 1. The van der Waals surface area contributed by atoms with Crippen molar-refractivity contribution in [1.82, 2.24) is 5.32 Å². The summed E-state index contributed by atoms with van der Waals surface area (Å²) in [5, 5.41) is 21.2. The Morgan fingerprint density at radius 2 is 2.17 bits per heavy atom. The van der Waals surface area contributed by atoms with Crippen molar-refractivity contribution in [2.45, 2.75) is 37.5 Å². The maximum absolute atomic E-state index is 10.7. The normalized spacial score (nSPS) is 46.1. The van der Waals surface area contributed by atoms with Crippen LogP contribution in [-0.4, -0.2) is 34.4 Å². The summed E-state index contributed by atoms with van der Waals surface area (Å²) in [6.07, 6.45) is 2.16. The van der Waals surface area contributed by atoms with E-state index in [0.717, 1.165) is 12.8 Å². The zero-order valence-corrected chi connectivity index (χ0v) is 6.73. The van der Waals surface area contributed by atoms with Gasteiger partial charge in [0, 0.05) is 6.04 Å². The Bertz CT molecular complexity index is 206. The Hall–Kier alpha value is -0.610. The van der Waals surface area contributed by atoms with Crippen LogP contribution in [0.2, 0.25) is 0 Å². The highest BCUT2D eigenvalue weighted by Gasteiger charge is 2.43. The summed E-state index contributed by atoms with van der Waals surface area (Å²) in [5.74, 6) is -0.654. The topological polar surface area (TPSA) is 69.6 Å². The van der Waals surface area contributed by atoms with Crippen molar-refractivity contribution < 1.29 is 15.0 Å². The van der Waals surface area contributed by atoms with Crippen LogP contribution in [0.5, 0.6) is 0 Å². The van der Waals surface area contributed by atoms with Crippen LogP contribution < -0.4 is 5.32 Å². The number of rotatable bonds is 1. The number of aliphatic hydroxyl groups is 1. The number of aliphatic carboxylic acids is 1. The summed E-state index contributed by atoms with van der Waals surface area (Å²) in [5.41, 5.74) is 0. The lowest BCUT2D eigenvalue weighted by atomic mass is 9.75. The van der Waals surface area contributed by atoms with E-state index < -0.39 is 12.0 Å². The van der Waals surface area contributed by atoms with Gasteiger partial charge in [-0.25, -0.2) is 0 Å². The summed E-state index contributed by atoms with van der Waals surface area (Å²) in [6.45, 7) is 0. The van der Waals surface area contributed by atoms with E-state index in [9.17, 15) is 9.90 Å². The number of nitrogens with one attached hydrogen (secondary N) is 1. The summed E-state index contributed by atoms with van der Waals surface area (Å²) >= 11 is 0. The van der Waals surface area contributed by atoms with Crippen LogP contribution in [0.4, 0.5) is 0 Å². The molecule has 0 aromatic heterocycles. The number of hydrogen-bond acceptors (Lipinski definition) is 3. The second-order valence-corrected chi connectivity index (χ2v) is 3.73. The van der Waals surface area contributed by atoms with Gasteiger partial charge in [0.25, 0.3) is 0 Å². The lowest BCUT2D eigenvalue weighted by Crippen LogP contribution is -2.61. The Labute approximate surface area is 70.6 Å². The van der Waals surface area contributed by atoms with E-state index in [1.165, 1.54) is 0 Å². The van der Waals surface area contributed by atoms with Gasteiger partial charge in [0.05, 0.1) is 6.10 Å². The van der Waals surface area contributed by atoms with Gasteiger partial charge in [-0.2, -0.15) is 0 Å². The van der Waals surface area contributed by atoms with Crippen molar-refractivity contribution >= 4 is 5.97 Å². The third-order valence-electron chi connectivity index (χ3n) is 2.99. The van der Waals surface area contributed by atoms with E-state index in [-0.39, 0.29) is 18.1 Å². The number of carboxylic acids is 1. The second-order valence-electron chi connectivity index (χ2n) is 3.73. The quantitative estimate of drug-likeness (QED) is 0.501. The molecule has 4 heteroatoms. The van der Waals surface area contributed by atoms with Gasteiger partial charge in [0.15, 0.2) is 0 Å². The van der Waals surface area contributed by atoms with Gasteiger partial charge in [-0.05, 0) is 25.2 Å². The molecule has 3 rings (SSSR count). The zero-order valence-electron chi connectivity index (χ0n) is 6.73. The third-order valence-corrected chi connectivity index (χ3v) is 2.99. The van der Waals surface area contributed by atoms with Crippen molar-refractivity contribution in [3.63, 3.8) is 0 Å². The molecule has 0 unspecified atom stereocenters. The van der Waals surface area contributed by atoms with Crippen molar-refractivity contribution in [1.29, 1.82) is 0 Å². The highest BCUT2D eigenvalue weighted by molar-refractivity contribution is 5.74. The Morgan fingerprint density at radius 3 is 2.58 bits per heavy atom. The second kappa shape index (κ2) is 2.71. The van der Waals surface area contributed by atoms with E-state index in [2.05, 4.69) is 5.32 Å². The maximum Gasteiger partial charge on any atom is 0.320 e. The molecule has 2 aliphatic heterocycles. The molecular weight excluding hydrogens is 158 g/mol. The predicted octanol–water partition coefficient (Wildman–Crippen LogP) is -0.428. The molecule has 0 radical (unpaired) electrons. The average molecular weight is 171 g/mol. The first-order chi connectivity index (χ1) is 5.68. The van der Waals surface area contributed by atoms with Crippen molar-refractivity contribution in [3.05, 3.63) is 0 Å². The highest BCUT2D eigenvalue weighted by atomic mass is 16.4. The van der Waals surface area contributed by atoms with Gasteiger partial charge in [-0.15, -0.1) is 0 Å². The number of fused-ring (bicyclic) bond motifs is 3. The Kier molecular flexibility index (Phi) is 1.81. The van der Waals surface area contributed by atoms with E-state index in [1.54, 1.807) is 0 Å². The first-order valence-electron chi connectivity index (χ1n) is 4.35. The fraction of sp³-hybridized carbons (Fsp3) is 0.875. The summed E-state index contributed by atoms with van der Waals surface area (Å²) in [4.78, 5) is 10.7. The fourth-order valence-corrected chi connectivity index (χ4v) is 2.32. The monoisotopic (exact) mass is 171 g/mol. The van der Waals surface area contributed by atoms with Gasteiger partial charge in [0.1, 0.15) is 6.04 Å². The minimum absolute atomic E-state index is 0.0103. The smallest absolute Gasteiger partial charge is 0.320 e. The van der Waals surface area contributed by atoms with Crippen molar-refractivity contribution in [3.8, 4) is 0 Å². The Morgan fingerprint density at radius 1 is 1.42 bits per heavy atom. The van der Waals surface area contributed by atoms with Crippen LogP contribution in [0.3, 0.4) is 0 Å². The Balaban J connectivity index is 2.10. The number of carbonyl (C=O) groups is 1. The van der Waals surface area contributed by atoms with Gasteiger partial charge >= 0.3 is 5.97 Å². The highest BCUT2D eigenvalue weighted by Crippen LogP contribution is 2.33. The zero-order chi connectivity index (χ0) is 8.72. The van der Waals surface area contributed by atoms with Crippen molar-refractivity contribution in [2.75, 3.05) is 0 Å². The molecule has 3 fully saturated rings. The molecule has 3 aliphatic rings. The maximum atomic E-state index is 10.7. The first kappa shape index (κ1) is 8.01. The van der Waals surface area contributed by atoms with Crippen LogP contribution in [0.15, 0.2) is 0 Å². The number of hydrogen-bond donors (Lipinski definition) is 3. The SMILES string of the molecule is O=C(O)[C@H]1N[C@H]2CC[C@@H]1C[C@@H]2O. The number of piperidine rings is 2. The summed E-state index contributed by atoms with van der Waals surface area (Å²) < 4.78 is 0. The van der Waals surface area contributed by atoms with Crippen LogP contribution >= 0.6 is 0 Å². The van der Waals surface area contributed by atoms with Crippen LogP contribution in [-0.2, 0) is 4.79 Å². The molecule has 0 spiro atoms. The van der Waals surface area contributed by atoms with Crippen LogP contribution in [0.25, 0.3) is 0 Å². The predicted molar refractivity (Wildman–Crippen MR) is 41.7 cm³/mol. The third kappa shape index (κ3) is 1.11. The van der Waals surface area contributed by atoms with Gasteiger partial charge < -0.3 is 10.2 Å². The molecule has 2 bridgehead atoms. The molecule has 2 heterocycles. The molecule has 0 amide bonds. The lowest BCUT2D eigenvalue weighted by Gasteiger charge is -2.44. The molecule has 4 nitrogen and oxygen atoms in total. The molecule has 2 saturated heterocycles. The molecule has 1 aliphatic carbocycles. The van der Waals surface area contributed by atoms with Crippen LogP contribution in [0.1, 0.15) is 19.3 Å². The van der Waals surface area contributed by atoms with E-state index in [1.807, 2.05) is 0 Å². The first-order valence-corrected chi connectivity index (χ1v) is 4.35. The minimum atomic E-state index is -0.781. The average Bonchev–Trinajstić information content (AvgIpc) is 2.04. The van der Waals surface area contributed by atoms with E-state index in [0.29, 0.717) is 6.42 Å². The minimum Gasteiger partial charge on any atom is -0.480 e. The standard InChI is InChI=1S/C8H13NO3/c10-6-3-4-1-2-5(6)9-7(4)8(11)12/h4-7,9-10H,1-3H2,(H,11,12)/t4-,5+,6+,7+/m1/s1. The molecule has 12 heavy (non-hydrogen) atoms. The molecular formula is C8H13NO3. The largest absolute Gasteiger partial charge is 0.480 e. The molecule has 0 aromatic rings. The fourth-order valence-electron chi connectivity index (χ4n) is 2.32. The van der Waals surface area contributed by atoms with Crippen LogP contribution in [0, 0.1) is 5.92 Å². The van der Waals surface area contributed by atoms with Crippen molar-refractivity contribution in [2.24, 2.45) is 5.92 Å². The molecule has 3 N–H and O–H groups in total. The summed E-state index contributed by atoms with van der Waals surface area (Å²) in [6, 6.07) is -0.414. The molecule has 1 saturated carbocycles. The molecule has 68 valence electrons. The van der Waals surface area contributed by atoms with E-state index in [4.69, 9.17) is 5.11 Å². The van der Waals surface area contributed by atoms with Gasteiger partial charge in [-0.3, -0.25) is 10.1 Å². The van der Waals surface area contributed by atoms with Gasteiger partial charge in [0.2, 0.25) is 0 Å². The lowest BCUT2D eigenvalue weighted by molar-refractivity contribution is -0.145. The summed E-state index contributed by atoms with van der Waals surface area (Å²) in [7, 11) is 0.